The zero-order valence-electron chi connectivity index (χ0n) is 16.0. The number of carboxylic acids is 1. The first-order valence-electron chi connectivity index (χ1n) is 10.1. The van der Waals surface area contributed by atoms with Crippen LogP contribution < -0.4 is 0 Å². The van der Waals surface area contributed by atoms with E-state index in [2.05, 4.69) is 41.3 Å². The van der Waals surface area contributed by atoms with Gasteiger partial charge in [-0.2, -0.15) is 0 Å². The van der Waals surface area contributed by atoms with Crippen LogP contribution in [-0.2, 0) is 28.4 Å². The smallest absolute Gasteiger partial charge is 0.307 e. The molecule has 0 radical (unpaired) electrons. The Bertz CT molecular complexity index is 834. The van der Waals surface area contributed by atoms with E-state index in [1.165, 1.54) is 22.3 Å². The maximum atomic E-state index is 13.5. The standard InChI is InChI=1S/C23H27NO3S/c25-23(26)19-8-5-13-24(16-19)14-15-28(27)22-20-9-3-1-6-17(20)11-12-18-7-2-4-10-21(18)22/h1-4,6-7,9-10,19,22H,5,8,11-16H2,(H,25,26). The van der Waals surface area contributed by atoms with Gasteiger partial charge in [0.25, 0.3) is 0 Å². The fraction of sp³-hybridized carbons (Fsp3) is 0.435. The number of benzene rings is 2. The van der Waals surface area contributed by atoms with Crippen molar-refractivity contribution in [3.63, 3.8) is 0 Å². The molecule has 1 aliphatic carbocycles. The van der Waals surface area contributed by atoms with Crippen LogP contribution in [0.1, 0.15) is 40.3 Å². The van der Waals surface area contributed by atoms with E-state index in [1.54, 1.807) is 0 Å². The number of nitrogens with zero attached hydrogens (tertiary/aromatic N) is 1. The van der Waals surface area contributed by atoms with Gasteiger partial charge in [-0.25, -0.2) is 0 Å². The third-order valence-electron chi connectivity index (χ3n) is 6.07. The van der Waals surface area contributed by atoms with Crippen molar-refractivity contribution in [1.82, 2.24) is 4.90 Å². The minimum Gasteiger partial charge on any atom is -0.481 e. The highest BCUT2D eigenvalue weighted by molar-refractivity contribution is 7.85. The number of aryl methyl sites for hydroxylation is 2. The van der Waals surface area contributed by atoms with Gasteiger partial charge >= 0.3 is 5.97 Å². The number of rotatable bonds is 5. The summed E-state index contributed by atoms with van der Waals surface area (Å²) in [4.78, 5) is 13.5. The quantitative estimate of drug-likeness (QED) is 0.840. The fourth-order valence-electron chi connectivity index (χ4n) is 4.55. The molecule has 1 saturated heterocycles. The molecule has 0 saturated carbocycles. The van der Waals surface area contributed by atoms with Crippen LogP contribution in [-0.4, -0.2) is 45.6 Å². The maximum Gasteiger partial charge on any atom is 0.307 e. The molecule has 0 aromatic heterocycles. The van der Waals surface area contributed by atoms with E-state index in [0.717, 1.165) is 32.2 Å². The highest BCUT2D eigenvalue weighted by Gasteiger charge is 2.30. The lowest BCUT2D eigenvalue weighted by Crippen LogP contribution is -2.40. The molecule has 1 N–H and O–H groups in total. The lowest BCUT2D eigenvalue weighted by Gasteiger charge is -2.31. The van der Waals surface area contributed by atoms with Crippen LogP contribution in [0.3, 0.4) is 0 Å². The van der Waals surface area contributed by atoms with Gasteiger partial charge in [-0.15, -0.1) is 0 Å². The van der Waals surface area contributed by atoms with E-state index in [-0.39, 0.29) is 11.2 Å². The predicted molar refractivity (Wildman–Crippen MR) is 112 cm³/mol. The van der Waals surface area contributed by atoms with Gasteiger partial charge in [0.2, 0.25) is 0 Å². The Morgan fingerprint density at radius 1 is 1.04 bits per heavy atom. The second kappa shape index (κ2) is 8.58. The third-order valence-corrected chi connectivity index (χ3v) is 7.68. The molecular formula is C23H27NO3S. The summed E-state index contributed by atoms with van der Waals surface area (Å²) in [6, 6.07) is 16.8. The van der Waals surface area contributed by atoms with Gasteiger partial charge in [0.05, 0.1) is 11.2 Å². The molecule has 4 nitrogen and oxygen atoms in total. The van der Waals surface area contributed by atoms with E-state index >= 15 is 0 Å². The summed E-state index contributed by atoms with van der Waals surface area (Å²) in [6.07, 6.45) is 3.61. The summed E-state index contributed by atoms with van der Waals surface area (Å²) in [6.45, 7) is 2.17. The van der Waals surface area contributed by atoms with Crippen molar-refractivity contribution in [2.24, 2.45) is 5.92 Å². The fourth-order valence-corrected chi connectivity index (χ4v) is 6.25. The van der Waals surface area contributed by atoms with Crippen molar-refractivity contribution >= 4 is 16.8 Å². The lowest BCUT2D eigenvalue weighted by molar-refractivity contribution is -0.143. The van der Waals surface area contributed by atoms with Crippen molar-refractivity contribution in [2.45, 2.75) is 30.9 Å². The highest BCUT2D eigenvalue weighted by atomic mass is 32.2. The number of likely N-dealkylation sites (tertiary alicyclic amines) is 1. The van der Waals surface area contributed by atoms with Gasteiger partial charge in [-0.05, 0) is 54.5 Å². The lowest BCUT2D eigenvalue weighted by atomic mass is 9.98. The van der Waals surface area contributed by atoms with E-state index in [9.17, 15) is 14.1 Å². The molecule has 0 bridgehead atoms. The van der Waals surface area contributed by atoms with Crippen LogP contribution in [0.25, 0.3) is 0 Å². The maximum absolute atomic E-state index is 13.5. The molecule has 1 fully saturated rings. The molecule has 1 heterocycles. The van der Waals surface area contributed by atoms with E-state index in [1.807, 2.05) is 12.1 Å². The van der Waals surface area contributed by atoms with E-state index < -0.39 is 16.8 Å². The van der Waals surface area contributed by atoms with E-state index in [4.69, 9.17) is 0 Å². The van der Waals surface area contributed by atoms with Crippen LogP contribution in [0.4, 0.5) is 0 Å². The molecule has 2 atom stereocenters. The number of hydrogen-bond acceptors (Lipinski definition) is 3. The van der Waals surface area contributed by atoms with Crippen molar-refractivity contribution in [1.29, 1.82) is 0 Å². The molecule has 2 aromatic carbocycles. The molecule has 2 aromatic rings. The van der Waals surface area contributed by atoms with Gasteiger partial charge in [0, 0.05) is 29.6 Å². The second-order valence-corrected chi connectivity index (χ2v) is 9.48. The summed E-state index contributed by atoms with van der Waals surface area (Å²) in [7, 11) is -1.05. The topological polar surface area (TPSA) is 57.6 Å². The van der Waals surface area contributed by atoms with Gasteiger partial charge < -0.3 is 10.0 Å². The molecule has 0 spiro atoms. The van der Waals surface area contributed by atoms with Gasteiger partial charge in [0.15, 0.2) is 0 Å². The number of carboxylic acid groups (broad SMARTS) is 1. The Balaban J connectivity index is 1.54. The second-order valence-electron chi connectivity index (χ2n) is 7.84. The molecule has 5 heteroatoms. The SMILES string of the molecule is O=C(O)C1CCCN(CCS(=O)C2c3ccccc3CCc3ccccc32)C1. The summed E-state index contributed by atoms with van der Waals surface area (Å²) >= 11 is 0. The first-order chi connectivity index (χ1) is 13.6. The largest absolute Gasteiger partial charge is 0.481 e. The molecule has 2 unspecified atom stereocenters. The Kier molecular flexibility index (Phi) is 5.93. The molecule has 28 heavy (non-hydrogen) atoms. The first-order valence-corrected chi connectivity index (χ1v) is 11.5. The van der Waals surface area contributed by atoms with Crippen LogP contribution in [0, 0.1) is 5.92 Å². The summed E-state index contributed by atoms with van der Waals surface area (Å²) in [5, 5.41) is 9.20. The number of piperidine rings is 1. The Morgan fingerprint density at radius 2 is 1.64 bits per heavy atom. The van der Waals surface area contributed by atoms with Crippen LogP contribution >= 0.6 is 0 Å². The summed E-state index contributed by atoms with van der Waals surface area (Å²) in [5.74, 6) is -0.432. The summed E-state index contributed by atoms with van der Waals surface area (Å²) < 4.78 is 13.5. The molecule has 1 aliphatic heterocycles. The van der Waals surface area contributed by atoms with Crippen molar-refractivity contribution < 1.29 is 14.1 Å². The zero-order valence-corrected chi connectivity index (χ0v) is 16.9. The zero-order chi connectivity index (χ0) is 19.5. The predicted octanol–water partition coefficient (Wildman–Crippen LogP) is 3.42. The van der Waals surface area contributed by atoms with Gasteiger partial charge in [-0.3, -0.25) is 9.00 Å². The van der Waals surface area contributed by atoms with Crippen molar-refractivity contribution in [3.05, 3.63) is 70.8 Å². The minimum absolute atomic E-state index is 0.102. The monoisotopic (exact) mass is 397 g/mol. The van der Waals surface area contributed by atoms with Crippen LogP contribution in [0.15, 0.2) is 48.5 Å². The number of aliphatic carboxylic acids is 1. The Labute approximate surface area is 169 Å². The van der Waals surface area contributed by atoms with Gasteiger partial charge in [-0.1, -0.05) is 48.5 Å². The third kappa shape index (κ3) is 4.06. The Morgan fingerprint density at radius 3 is 2.25 bits per heavy atom. The van der Waals surface area contributed by atoms with Crippen LogP contribution in [0.2, 0.25) is 0 Å². The van der Waals surface area contributed by atoms with Crippen molar-refractivity contribution in [3.8, 4) is 0 Å². The number of fused-ring (bicyclic) bond motifs is 2. The molecular weight excluding hydrogens is 370 g/mol. The normalized spacial score (nSPS) is 21.4. The average molecular weight is 398 g/mol. The number of hydrogen-bond donors (Lipinski definition) is 1. The van der Waals surface area contributed by atoms with E-state index in [0.29, 0.717) is 18.8 Å². The Hall–Kier alpha value is -1.98. The van der Waals surface area contributed by atoms with Crippen LogP contribution in [0.5, 0.6) is 0 Å². The molecule has 0 amide bonds. The average Bonchev–Trinajstić information content (AvgIpc) is 2.89. The van der Waals surface area contributed by atoms with Crippen molar-refractivity contribution in [2.75, 3.05) is 25.4 Å². The molecule has 4 rings (SSSR count). The highest BCUT2D eigenvalue weighted by Crippen LogP contribution is 2.36. The molecule has 148 valence electrons. The van der Waals surface area contributed by atoms with Gasteiger partial charge in [0.1, 0.15) is 0 Å². The number of carbonyl (C=O) groups is 1. The minimum atomic E-state index is -1.05. The molecule has 2 aliphatic rings. The summed E-state index contributed by atoms with van der Waals surface area (Å²) in [5.41, 5.74) is 4.96. The first kappa shape index (κ1) is 19.3.